The van der Waals surface area contributed by atoms with Gasteiger partial charge in [0.1, 0.15) is 5.01 Å². The highest BCUT2D eigenvalue weighted by Gasteiger charge is 2.30. The molecule has 0 spiro atoms. The lowest BCUT2D eigenvalue weighted by molar-refractivity contribution is -0.117. The predicted molar refractivity (Wildman–Crippen MR) is 63.5 cm³/mol. The van der Waals surface area contributed by atoms with Crippen LogP contribution in [0.1, 0.15) is 31.2 Å². The second-order valence-corrected chi connectivity index (χ2v) is 5.09. The summed E-state index contributed by atoms with van der Waals surface area (Å²) in [6.45, 7) is 2.71. The Kier molecular flexibility index (Phi) is 3.50. The van der Waals surface area contributed by atoms with Gasteiger partial charge in [0, 0.05) is 25.4 Å². The molecule has 0 bridgehead atoms. The third-order valence-electron chi connectivity index (χ3n) is 2.59. The third kappa shape index (κ3) is 2.38. The van der Waals surface area contributed by atoms with Gasteiger partial charge in [0.15, 0.2) is 0 Å². The van der Waals surface area contributed by atoms with Crippen molar-refractivity contribution in [2.24, 2.45) is 5.73 Å². The second-order valence-electron chi connectivity index (χ2n) is 4.05. The Balaban J connectivity index is 2.04. The van der Waals surface area contributed by atoms with Crippen LogP contribution in [-0.2, 0) is 11.2 Å². The molecule has 0 aromatic carbocycles. The normalized spacial score (nSPS) is 20.8. The summed E-state index contributed by atoms with van der Waals surface area (Å²) in [5.41, 5.74) is 5.73. The van der Waals surface area contributed by atoms with Gasteiger partial charge in [-0.25, -0.2) is 0 Å². The summed E-state index contributed by atoms with van der Waals surface area (Å²) in [5.74, 6) is 0.0608. The number of aromatic nitrogens is 2. The molecule has 6 heteroatoms. The van der Waals surface area contributed by atoms with Gasteiger partial charge in [-0.15, -0.1) is 10.2 Å². The molecule has 16 heavy (non-hydrogen) atoms. The highest BCUT2D eigenvalue weighted by Crippen LogP contribution is 2.25. The summed E-state index contributed by atoms with van der Waals surface area (Å²) in [5, 5.41) is 9.85. The number of carbonyl (C=O) groups is 1. The Labute approximate surface area is 98.7 Å². The average Bonchev–Trinajstić information content (AvgIpc) is 2.82. The number of nitrogens with two attached hydrogens (primary N) is 1. The van der Waals surface area contributed by atoms with Gasteiger partial charge in [-0.1, -0.05) is 24.7 Å². The van der Waals surface area contributed by atoms with Gasteiger partial charge >= 0.3 is 0 Å². The van der Waals surface area contributed by atoms with Gasteiger partial charge < -0.3 is 5.73 Å². The Bertz CT molecular complexity index is 379. The molecule has 5 nitrogen and oxygen atoms in total. The molecule has 2 rings (SSSR count). The molecule has 1 aliphatic heterocycles. The van der Waals surface area contributed by atoms with Gasteiger partial charge in [0.25, 0.3) is 0 Å². The summed E-state index contributed by atoms with van der Waals surface area (Å²) in [6, 6.07) is -0.0597. The van der Waals surface area contributed by atoms with Gasteiger partial charge in [-0.2, -0.15) is 0 Å². The molecular formula is C10H16N4OS. The zero-order chi connectivity index (χ0) is 11.5. The molecule has 1 fully saturated rings. The summed E-state index contributed by atoms with van der Waals surface area (Å²) >= 11 is 1.50. The largest absolute Gasteiger partial charge is 0.326 e. The van der Waals surface area contributed by atoms with Crippen molar-refractivity contribution in [3.8, 4) is 0 Å². The molecule has 1 aromatic rings. The van der Waals surface area contributed by atoms with E-state index in [1.807, 2.05) is 0 Å². The van der Waals surface area contributed by atoms with Crippen LogP contribution in [0.2, 0.25) is 0 Å². The fourth-order valence-electron chi connectivity index (χ4n) is 1.70. The van der Waals surface area contributed by atoms with Crippen molar-refractivity contribution >= 4 is 22.4 Å². The van der Waals surface area contributed by atoms with Gasteiger partial charge in [-0.3, -0.25) is 9.69 Å². The van der Waals surface area contributed by atoms with Gasteiger partial charge in [0.05, 0.1) is 0 Å². The number of rotatable bonds is 4. The van der Waals surface area contributed by atoms with Crippen molar-refractivity contribution in [1.82, 2.24) is 10.2 Å². The number of aryl methyl sites for hydroxylation is 1. The highest BCUT2D eigenvalue weighted by atomic mass is 32.1. The maximum absolute atomic E-state index is 11.6. The van der Waals surface area contributed by atoms with E-state index < -0.39 is 0 Å². The number of anilines is 1. The first-order valence-corrected chi connectivity index (χ1v) is 6.40. The second kappa shape index (κ2) is 4.88. The van der Waals surface area contributed by atoms with E-state index >= 15 is 0 Å². The number of carbonyl (C=O) groups excluding carboxylic acids is 1. The van der Waals surface area contributed by atoms with Gasteiger partial charge in [0.2, 0.25) is 11.0 Å². The van der Waals surface area contributed by atoms with E-state index in [0.29, 0.717) is 18.1 Å². The molecular weight excluding hydrogens is 224 g/mol. The average molecular weight is 240 g/mol. The first kappa shape index (κ1) is 11.5. The SMILES string of the molecule is CCCCc1nnc(N2CC(N)CC2=O)s1. The zero-order valence-electron chi connectivity index (χ0n) is 9.35. The molecule has 0 radical (unpaired) electrons. The highest BCUT2D eigenvalue weighted by molar-refractivity contribution is 7.15. The Morgan fingerprint density at radius 3 is 3.00 bits per heavy atom. The van der Waals surface area contributed by atoms with Crippen molar-refractivity contribution in [2.45, 2.75) is 38.6 Å². The number of unbranched alkanes of at least 4 members (excludes halogenated alkanes) is 1. The Hall–Kier alpha value is -1.01. The standard InChI is InChI=1S/C10H16N4OS/c1-2-3-4-8-12-13-10(16-8)14-6-7(11)5-9(14)15/h7H,2-6,11H2,1H3. The van der Waals surface area contributed by atoms with Crippen LogP contribution < -0.4 is 10.6 Å². The molecule has 0 aliphatic carbocycles. The molecule has 1 saturated heterocycles. The van der Waals surface area contributed by atoms with Crippen LogP contribution >= 0.6 is 11.3 Å². The summed E-state index contributed by atoms with van der Waals surface area (Å²) in [7, 11) is 0. The Morgan fingerprint density at radius 2 is 2.38 bits per heavy atom. The molecule has 2 N–H and O–H groups in total. The molecule has 2 heterocycles. The lowest BCUT2D eigenvalue weighted by atomic mass is 10.3. The predicted octanol–water partition coefficient (Wildman–Crippen LogP) is 0.945. The maximum Gasteiger partial charge on any atom is 0.230 e. The fourth-order valence-corrected chi connectivity index (χ4v) is 2.61. The van der Waals surface area contributed by atoms with E-state index in [0.717, 1.165) is 24.3 Å². The lowest BCUT2D eigenvalue weighted by Gasteiger charge is -2.09. The van der Waals surface area contributed by atoms with Crippen molar-refractivity contribution in [3.63, 3.8) is 0 Å². The van der Waals surface area contributed by atoms with Crippen molar-refractivity contribution in [3.05, 3.63) is 5.01 Å². The minimum atomic E-state index is -0.0597. The summed E-state index contributed by atoms with van der Waals surface area (Å²) in [6.07, 6.45) is 3.62. The molecule has 1 amide bonds. The van der Waals surface area contributed by atoms with E-state index in [9.17, 15) is 4.79 Å². The maximum atomic E-state index is 11.6. The lowest BCUT2D eigenvalue weighted by Crippen LogP contribution is -2.27. The van der Waals surface area contributed by atoms with Crippen molar-refractivity contribution in [2.75, 3.05) is 11.4 Å². The first-order chi connectivity index (χ1) is 7.70. The number of hydrogen-bond donors (Lipinski definition) is 1. The quantitative estimate of drug-likeness (QED) is 0.850. The monoisotopic (exact) mass is 240 g/mol. The van der Waals surface area contributed by atoms with Crippen LogP contribution in [0.15, 0.2) is 0 Å². The smallest absolute Gasteiger partial charge is 0.230 e. The number of hydrogen-bond acceptors (Lipinski definition) is 5. The summed E-state index contributed by atoms with van der Waals surface area (Å²) in [4.78, 5) is 13.2. The van der Waals surface area contributed by atoms with Crippen LogP contribution in [0.5, 0.6) is 0 Å². The van der Waals surface area contributed by atoms with E-state index in [2.05, 4.69) is 17.1 Å². The van der Waals surface area contributed by atoms with Gasteiger partial charge in [-0.05, 0) is 6.42 Å². The van der Waals surface area contributed by atoms with E-state index in [1.165, 1.54) is 11.3 Å². The molecule has 0 saturated carbocycles. The molecule has 88 valence electrons. The zero-order valence-corrected chi connectivity index (χ0v) is 10.2. The van der Waals surface area contributed by atoms with E-state index in [-0.39, 0.29) is 11.9 Å². The summed E-state index contributed by atoms with van der Waals surface area (Å²) < 4.78 is 0. The first-order valence-electron chi connectivity index (χ1n) is 5.59. The Morgan fingerprint density at radius 1 is 1.56 bits per heavy atom. The topological polar surface area (TPSA) is 72.1 Å². The van der Waals surface area contributed by atoms with Crippen LogP contribution in [0.3, 0.4) is 0 Å². The van der Waals surface area contributed by atoms with E-state index in [4.69, 9.17) is 5.73 Å². The van der Waals surface area contributed by atoms with Crippen LogP contribution in [0, 0.1) is 0 Å². The molecule has 1 aromatic heterocycles. The molecule has 1 aliphatic rings. The van der Waals surface area contributed by atoms with Crippen LogP contribution in [-0.4, -0.2) is 28.7 Å². The number of amides is 1. The van der Waals surface area contributed by atoms with Crippen molar-refractivity contribution in [1.29, 1.82) is 0 Å². The fraction of sp³-hybridized carbons (Fsp3) is 0.700. The molecule has 1 atom stereocenters. The molecule has 1 unspecified atom stereocenters. The van der Waals surface area contributed by atoms with Crippen LogP contribution in [0.4, 0.5) is 5.13 Å². The minimum Gasteiger partial charge on any atom is -0.326 e. The third-order valence-corrected chi connectivity index (χ3v) is 3.59. The minimum absolute atomic E-state index is 0.0597. The van der Waals surface area contributed by atoms with Crippen LogP contribution in [0.25, 0.3) is 0 Å². The van der Waals surface area contributed by atoms with E-state index in [1.54, 1.807) is 4.90 Å². The number of nitrogens with zero attached hydrogens (tertiary/aromatic N) is 3. The van der Waals surface area contributed by atoms with Crippen molar-refractivity contribution < 1.29 is 4.79 Å².